The predicted octanol–water partition coefficient (Wildman–Crippen LogP) is 3.22. The third-order valence-electron chi connectivity index (χ3n) is 2.37. The fourth-order valence-electron chi connectivity index (χ4n) is 1.44. The van der Waals surface area contributed by atoms with E-state index >= 15 is 0 Å². The molecule has 1 N–H and O–H groups in total. The van der Waals surface area contributed by atoms with Crippen molar-refractivity contribution in [2.24, 2.45) is 0 Å². The Hall–Kier alpha value is -2.27. The SMILES string of the molecule is O=C(O)C(=O)/C=C/c1ccc(-c2ccc(F)cc2)s1. The molecular formula is C14H9FO3S. The first kappa shape index (κ1) is 13.2. The van der Waals surface area contributed by atoms with Crippen LogP contribution in [0.5, 0.6) is 0 Å². The van der Waals surface area contributed by atoms with Crippen LogP contribution in [0.4, 0.5) is 4.39 Å². The Kier molecular flexibility index (Phi) is 3.87. The molecule has 0 atom stereocenters. The second-order valence-corrected chi connectivity index (χ2v) is 4.83. The van der Waals surface area contributed by atoms with Gasteiger partial charge >= 0.3 is 5.97 Å². The summed E-state index contributed by atoms with van der Waals surface area (Å²) < 4.78 is 12.8. The molecule has 1 aromatic heterocycles. The average molecular weight is 276 g/mol. The Morgan fingerprint density at radius 3 is 2.42 bits per heavy atom. The van der Waals surface area contributed by atoms with E-state index in [-0.39, 0.29) is 5.82 Å². The van der Waals surface area contributed by atoms with E-state index < -0.39 is 11.8 Å². The van der Waals surface area contributed by atoms with E-state index in [2.05, 4.69) is 0 Å². The number of ketones is 1. The second-order valence-electron chi connectivity index (χ2n) is 3.71. The van der Waals surface area contributed by atoms with E-state index in [0.717, 1.165) is 21.4 Å². The molecule has 0 bridgehead atoms. The highest BCUT2D eigenvalue weighted by Gasteiger charge is 2.06. The van der Waals surface area contributed by atoms with Gasteiger partial charge in [0.25, 0.3) is 5.78 Å². The van der Waals surface area contributed by atoms with Gasteiger partial charge in [0.15, 0.2) is 0 Å². The zero-order valence-electron chi connectivity index (χ0n) is 9.67. The normalized spacial score (nSPS) is 10.8. The Labute approximate surface area is 112 Å². The van der Waals surface area contributed by atoms with Gasteiger partial charge < -0.3 is 5.11 Å². The van der Waals surface area contributed by atoms with Crippen LogP contribution in [0.2, 0.25) is 0 Å². The second kappa shape index (κ2) is 5.58. The number of carboxylic acids is 1. The molecule has 0 aliphatic heterocycles. The summed E-state index contributed by atoms with van der Waals surface area (Å²) in [6.45, 7) is 0. The molecule has 0 aliphatic carbocycles. The van der Waals surface area contributed by atoms with E-state index in [9.17, 15) is 14.0 Å². The Morgan fingerprint density at radius 1 is 1.11 bits per heavy atom. The van der Waals surface area contributed by atoms with Gasteiger partial charge in [0, 0.05) is 9.75 Å². The number of carboxylic acid groups (broad SMARTS) is 1. The number of benzene rings is 1. The summed E-state index contributed by atoms with van der Waals surface area (Å²) in [6.07, 6.45) is 2.47. The fourth-order valence-corrected chi connectivity index (χ4v) is 2.36. The first-order valence-corrected chi connectivity index (χ1v) is 6.19. The molecule has 2 aromatic rings. The number of halogens is 1. The summed E-state index contributed by atoms with van der Waals surface area (Å²) in [5.41, 5.74) is 0.871. The summed E-state index contributed by atoms with van der Waals surface area (Å²) >= 11 is 1.39. The van der Waals surface area contributed by atoms with E-state index in [1.54, 1.807) is 18.2 Å². The van der Waals surface area contributed by atoms with Crippen LogP contribution >= 0.6 is 11.3 Å². The van der Waals surface area contributed by atoms with Gasteiger partial charge in [-0.1, -0.05) is 12.1 Å². The van der Waals surface area contributed by atoms with Crippen LogP contribution in [-0.2, 0) is 9.59 Å². The number of carbonyl (C=O) groups excluding carboxylic acids is 1. The van der Waals surface area contributed by atoms with Crippen LogP contribution in [0, 0.1) is 5.82 Å². The molecule has 0 aliphatic rings. The standard InChI is InChI=1S/C14H9FO3S/c15-10-3-1-9(2-4-10)13-8-6-11(19-13)5-7-12(16)14(17)18/h1-8H,(H,17,18)/b7-5+. The number of hydrogen-bond donors (Lipinski definition) is 1. The lowest BCUT2D eigenvalue weighted by Crippen LogP contribution is -2.08. The van der Waals surface area contributed by atoms with Crippen molar-refractivity contribution in [3.8, 4) is 10.4 Å². The maximum atomic E-state index is 12.8. The molecule has 0 saturated heterocycles. The third kappa shape index (κ3) is 3.35. The van der Waals surface area contributed by atoms with Gasteiger partial charge in [-0.15, -0.1) is 11.3 Å². The molecule has 3 nitrogen and oxygen atoms in total. The Morgan fingerprint density at radius 2 is 1.79 bits per heavy atom. The molecule has 1 aromatic carbocycles. The molecule has 0 radical (unpaired) electrons. The molecule has 0 amide bonds. The van der Waals surface area contributed by atoms with Gasteiger partial charge in [0.05, 0.1) is 0 Å². The third-order valence-corrected chi connectivity index (χ3v) is 3.46. The van der Waals surface area contributed by atoms with Crippen molar-refractivity contribution in [2.45, 2.75) is 0 Å². The molecule has 0 unspecified atom stereocenters. The predicted molar refractivity (Wildman–Crippen MR) is 71.4 cm³/mol. The highest BCUT2D eigenvalue weighted by Crippen LogP contribution is 2.28. The van der Waals surface area contributed by atoms with E-state index in [1.165, 1.54) is 29.5 Å². The van der Waals surface area contributed by atoms with Crippen molar-refractivity contribution in [3.63, 3.8) is 0 Å². The van der Waals surface area contributed by atoms with Crippen LogP contribution in [0.15, 0.2) is 42.5 Å². The lowest BCUT2D eigenvalue weighted by molar-refractivity contribution is -0.146. The Balaban J connectivity index is 2.17. The lowest BCUT2D eigenvalue weighted by Gasteiger charge is -1.95. The monoisotopic (exact) mass is 276 g/mol. The van der Waals surface area contributed by atoms with Crippen molar-refractivity contribution in [3.05, 3.63) is 53.2 Å². The van der Waals surface area contributed by atoms with Crippen molar-refractivity contribution in [1.29, 1.82) is 0 Å². The van der Waals surface area contributed by atoms with Gasteiger partial charge in [-0.3, -0.25) is 4.79 Å². The quantitative estimate of drug-likeness (QED) is 0.689. The van der Waals surface area contributed by atoms with E-state index in [0.29, 0.717) is 0 Å². The number of aliphatic carboxylic acids is 1. The lowest BCUT2D eigenvalue weighted by atomic mass is 10.2. The first-order valence-electron chi connectivity index (χ1n) is 5.37. The topological polar surface area (TPSA) is 54.4 Å². The van der Waals surface area contributed by atoms with E-state index in [4.69, 9.17) is 5.11 Å². The fraction of sp³-hybridized carbons (Fsp3) is 0. The summed E-state index contributed by atoms with van der Waals surface area (Å²) in [5.74, 6) is -2.74. The average Bonchev–Trinajstić information content (AvgIpc) is 2.85. The van der Waals surface area contributed by atoms with Crippen LogP contribution in [0.3, 0.4) is 0 Å². The van der Waals surface area contributed by atoms with Crippen molar-refractivity contribution >= 4 is 29.2 Å². The molecule has 96 valence electrons. The molecule has 19 heavy (non-hydrogen) atoms. The molecule has 1 heterocycles. The van der Waals surface area contributed by atoms with Crippen LogP contribution < -0.4 is 0 Å². The van der Waals surface area contributed by atoms with Gasteiger partial charge in [0.1, 0.15) is 5.82 Å². The van der Waals surface area contributed by atoms with Crippen molar-refractivity contribution < 1.29 is 19.1 Å². The van der Waals surface area contributed by atoms with Crippen LogP contribution in [0.1, 0.15) is 4.88 Å². The molecule has 0 saturated carbocycles. The Bertz CT molecular complexity index is 641. The van der Waals surface area contributed by atoms with E-state index in [1.807, 2.05) is 6.07 Å². The highest BCUT2D eigenvalue weighted by molar-refractivity contribution is 7.16. The minimum Gasteiger partial charge on any atom is -0.475 e. The smallest absolute Gasteiger partial charge is 0.376 e. The van der Waals surface area contributed by atoms with Crippen molar-refractivity contribution in [1.82, 2.24) is 0 Å². The molecule has 2 rings (SSSR count). The first-order chi connectivity index (χ1) is 9.06. The number of carbonyl (C=O) groups is 2. The number of thiophene rings is 1. The highest BCUT2D eigenvalue weighted by atomic mass is 32.1. The van der Waals surface area contributed by atoms with Crippen LogP contribution in [0.25, 0.3) is 16.5 Å². The summed E-state index contributed by atoms with van der Waals surface area (Å²) in [4.78, 5) is 22.9. The number of rotatable bonds is 4. The minimum atomic E-state index is -1.48. The molecule has 5 heteroatoms. The van der Waals surface area contributed by atoms with Gasteiger partial charge in [-0.05, 0) is 42.0 Å². The number of hydrogen-bond acceptors (Lipinski definition) is 3. The minimum absolute atomic E-state index is 0.299. The van der Waals surface area contributed by atoms with Crippen molar-refractivity contribution in [2.75, 3.05) is 0 Å². The van der Waals surface area contributed by atoms with Gasteiger partial charge in [-0.25, -0.2) is 9.18 Å². The molecular weight excluding hydrogens is 267 g/mol. The molecule has 0 fully saturated rings. The zero-order valence-corrected chi connectivity index (χ0v) is 10.5. The molecule has 0 spiro atoms. The summed E-state index contributed by atoms with van der Waals surface area (Å²) in [7, 11) is 0. The van der Waals surface area contributed by atoms with Crippen LogP contribution in [-0.4, -0.2) is 16.9 Å². The van der Waals surface area contributed by atoms with Gasteiger partial charge in [-0.2, -0.15) is 0 Å². The van der Waals surface area contributed by atoms with Gasteiger partial charge in [0.2, 0.25) is 0 Å². The maximum absolute atomic E-state index is 12.8. The summed E-state index contributed by atoms with van der Waals surface area (Å²) in [6, 6.07) is 9.68. The zero-order chi connectivity index (χ0) is 13.8. The summed E-state index contributed by atoms with van der Waals surface area (Å²) in [5, 5.41) is 8.44. The largest absolute Gasteiger partial charge is 0.475 e. The maximum Gasteiger partial charge on any atom is 0.376 e.